The van der Waals surface area contributed by atoms with Crippen molar-refractivity contribution in [2.75, 3.05) is 13.1 Å². The molecule has 0 aromatic heterocycles. The van der Waals surface area contributed by atoms with Crippen molar-refractivity contribution in [1.29, 1.82) is 0 Å². The third-order valence-electron chi connectivity index (χ3n) is 2.46. The standard InChI is InChI=1S/C9H16N2OS/c1-7(8(10)13)9(12)11-5-3-2-4-6-11/h7H,2-6H2,1H3,(H2,10,13). The van der Waals surface area contributed by atoms with Crippen LogP contribution in [0.5, 0.6) is 0 Å². The van der Waals surface area contributed by atoms with Gasteiger partial charge in [-0.15, -0.1) is 0 Å². The summed E-state index contributed by atoms with van der Waals surface area (Å²) < 4.78 is 0. The largest absolute Gasteiger partial charge is 0.393 e. The van der Waals surface area contributed by atoms with Gasteiger partial charge in [-0.05, 0) is 26.2 Å². The van der Waals surface area contributed by atoms with E-state index in [4.69, 9.17) is 18.0 Å². The summed E-state index contributed by atoms with van der Waals surface area (Å²) in [6.45, 7) is 3.51. The zero-order valence-electron chi connectivity index (χ0n) is 7.95. The number of amides is 1. The lowest BCUT2D eigenvalue weighted by Crippen LogP contribution is -2.42. The maximum Gasteiger partial charge on any atom is 0.232 e. The first-order valence-corrected chi connectivity index (χ1v) is 5.12. The molecule has 3 nitrogen and oxygen atoms in total. The molecule has 0 spiro atoms. The molecule has 74 valence electrons. The molecular weight excluding hydrogens is 184 g/mol. The van der Waals surface area contributed by atoms with Crippen molar-refractivity contribution >= 4 is 23.1 Å². The molecule has 1 atom stereocenters. The van der Waals surface area contributed by atoms with Gasteiger partial charge in [0.25, 0.3) is 0 Å². The summed E-state index contributed by atoms with van der Waals surface area (Å²) in [4.78, 5) is 13.9. The summed E-state index contributed by atoms with van der Waals surface area (Å²) in [5, 5.41) is 0. The Morgan fingerprint density at radius 2 is 1.92 bits per heavy atom. The number of hydrogen-bond donors (Lipinski definition) is 1. The Balaban J connectivity index is 2.50. The van der Waals surface area contributed by atoms with Crippen molar-refractivity contribution in [3.63, 3.8) is 0 Å². The van der Waals surface area contributed by atoms with Crippen LogP contribution in [0.25, 0.3) is 0 Å². The quantitative estimate of drug-likeness (QED) is 0.674. The number of rotatable bonds is 2. The topological polar surface area (TPSA) is 46.3 Å². The highest BCUT2D eigenvalue weighted by Crippen LogP contribution is 2.12. The summed E-state index contributed by atoms with van der Waals surface area (Å²) in [5.41, 5.74) is 5.43. The van der Waals surface area contributed by atoms with E-state index in [0.29, 0.717) is 4.99 Å². The van der Waals surface area contributed by atoms with E-state index in [1.807, 2.05) is 4.90 Å². The molecule has 0 aromatic carbocycles. The zero-order valence-corrected chi connectivity index (χ0v) is 8.77. The van der Waals surface area contributed by atoms with Gasteiger partial charge in [0.1, 0.15) is 0 Å². The van der Waals surface area contributed by atoms with E-state index in [-0.39, 0.29) is 11.8 Å². The number of nitrogens with zero attached hydrogens (tertiary/aromatic N) is 1. The molecular formula is C9H16N2OS. The molecule has 13 heavy (non-hydrogen) atoms. The molecule has 2 N–H and O–H groups in total. The van der Waals surface area contributed by atoms with Crippen LogP contribution in [0.4, 0.5) is 0 Å². The summed E-state index contributed by atoms with van der Waals surface area (Å²) in [5.74, 6) is -0.208. The molecule has 0 radical (unpaired) electrons. The highest BCUT2D eigenvalue weighted by Gasteiger charge is 2.23. The third-order valence-corrected chi connectivity index (χ3v) is 2.82. The Morgan fingerprint density at radius 1 is 1.38 bits per heavy atom. The summed E-state index contributed by atoms with van der Waals surface area (Å²) >= 11 is 4.79. The fraction of sp³-hybridized carbons (Fsp3) is 0.778. The third kappa shape index (κ3) is 2.66. The van der Waals surface area contributed by atoms with E-state index in [1.54, 1.807) is 6.92 Å². The van der Waals surface area contributed by atoms with Crippen LogP contribution in [-0.2, 0) is 4.79 Å². The molecule has 1 heterocycles. The molecule has 4 heteroatoms. The fourth-order valence-electron chi connectivity index (χ4n) is 1.51. The average molecular weight is 200 g/mol. The van der Waals surface area contributed by atoms with Crippen LogP contribution in [-0.4, -0.2) is 28.9 Å². The summed E-state index contributed by atoms with van der Waals surface area (Å²) in [7, 11) is 0. The first-order valence-electron chi connectivity index (χ1n) is 4.71. The Labute approximate surface area is 84.3 Å². The average Bonchev–Trinajstić information content (AvgIpc) is 2.17. The van der Waals surface area contributed by atoms with Gasteiger partial charge in [-0.2, -0.15) is 0 Å². The maximum atomic E-state index is 11.7. The summed E-state index contributed by atoms with van der Waals surface area (Å²) in [6.07, 6.45) is 3.44. The molecule has 0 aliphatic carbocycles. The van der Waals surface area contributed by atoms with E-state index in [0.717, 1.165) is 25.9 Å². The molecule has 1 saturated heterocycles. The van der Waals surface area contributed by atoms with Gasteiger partial charge in [0.15, 0.2) is 0 Å². The maximum absolute atomic E-state index is 11.7. The molecule has 1 rings (SSSR count). The van der Waals surface area contributed by atoms with Gasteiger partial charge >= 0.3 is 0 Å². The SMILES string of the molecule is CC(C(=O)N1CCCCC1)C(N)=S. The van der Waals surface area contributed by atoms with Crippen molar-refractivity contribution in [2.24, 2.45) is 11.7 Å². The minimum absolute atomic E-state index is 0.0900. The Morgan fingerprint density at radius 3 is 2.38 bits per heavy atom. The van der Waals surface area contributed by atoms with Crippen molar-refractivity contribution in [3.8, 4) is 0 Å². The zero-order chi connectivity index (χ0) is 9.84. The van der Waals surface area contributed by atoms with Crippen molar-refractivity contribution in [1.82, 2.24) is 4.90 Å². The number of hydrogen-bond acceptors (Lipinski definition) is 2. The lowest BCUT2D eigenvalue weighted by atomic mass is 10.1. The number of carbonyl (C=O) groups excluding carboxylic acids is 1. The number of carbonyl (C=O) groups is 1. The van der Waals surface area contributed by atoms with E-state index in [9.17, 15) is 4.79 Å². The predicted molar refractivity (Wildman–Crippen MR) is 56.4 cm³/mol. The number of thiocarbonyl (C=S) groups is 1. The van der Waals surface area contributed by atoms with Gasteiger partial charge in [0.2, 0.25) is 5.91 Å². The highest BCUT2D eigenvalue weighted by molar-refractivity contribution is 7.80. The first kappa shape index (κ1) is 10.4. The monoisotopic (exact) mass is 200 g/mol. The molecule has 1 aliphatic heterocycles. The van der Waals surface area contributed by atoms with Crippen LogP contribution in [0.3, 0.4) is 0 Å². The fourth-order valence-corrected chi connectivity index (χ4v) is 1.61. The minimum Gasteiger partial charge on any atom is -0.393 e. The van der Waals surface area contributed by atoms with Gasteiger partial charge < -0.3 is 10.6 Å². The Hall–Kier alpha value is -0.640. The number of piperidine rings is 1. The van der Waals surface area contributed by atoms with Crippen LogP contribution in [0.1, 0.15) is 26.2 Å². The Kier molecular flexibility index (Phi) is 3.66. The van der Waals surface area contributed by atoms with Crippen molar-refractivity contribution in [3.05, 3.63) is 0 Å². The van der Waals surface area contributed by atoms with E-state index in [2.05, 4.69) is 0 Å². The van der Waals surface area contributed by atoms with Crippen LogP contribution in [0.15, 0.2) is 0 Å². The molecule has 0 saturated carbocycles. The molecule has 0 bridgehead atoms. The number of nitrogens with two attached hydrogens (primary N) is 1. The second kappa shape index (κ2) is 4.56. The highest BCUT2D eigenvalue weighted by atomic mass is 32.1. The summed E-state index contributed by atoms with van der Waals surface area (Å²) in [6, 6.07) is 0. The smallest absolute Gasteiger partial charge is 0.232 e. The predicted octanol–water partition coefficient (Wildman–Crippen LogP) is 0.921. The van der Waals surface area contributed by atoms with Gasteiger partial charge in [0, 0.05) is 13.1 Å². The lowest BCUT2D eigenvalue weighted by Gasteiger charge is -2.28. The van der Waals surface area contributed by atoms with E-state index >= 15 is 0 Å². The van der Waals surface area contributed by atoms with Crippen molar-refractivity contribution < 1.29 is 4.79 Å². The van der Waals surface area contributed by atoms with Gasteiger partial charge in [-0.25, -0.2) is 0 Å². The van der Waals surface area contributed by atoms with Gasteiger partial charge in [-0.1, -0.05) is 12.2 Å². The molecule has 1 fully saturated rings. The van der Waals surface area contributed by atoms with Crippen LogP contribution >= 0.6 is 12.2 Å². The van der Waals surface area contributed by atoms with Crippen LogP contribution in [0, 0.1) is 5.92 Å². The van der Waals surface area contributed by atoms with Gasteiger partial charge in [-0.3, -0.25) is 4.79 Å². The van der Waals surface area contributed by atoms with Crippen LogP contribution < -0.4 is 5.73 Å². The van der Waals surface area contributed by atoms with E-state index < -0.39 is 0 Å². The Bertz CT molecular complexity index is 212. The minimum atomic E-state index is -0.298. The van der Waals surface area contributed by atoms with E-state index in [1.165, 1.54) is 6.42 Å². The van der Waals surface area contributed by atoms with Crippen molar-refractivity contribution in [2.45, 2.75) is 26.2 Å². The lowest BCUT2D eigenvalue weighted by molar-refractivity contribution is -0.133. The molecule has 1 aliphatic rings. The normalized spacial score (nSPS) is 19.6. The molecule has 1 amide bonds. The number of likely N-dealkylation sites (tertiary alicyclic amines) is 1. The first-order chi connectivity index (χ1) is 6.13. The molecule has 0 aromatic rings. The van der Waals surface area contributed by atoms with Gasteiger partial charge in [0.05, 0.1) is 10.9 Å². The second-order valence-electron chi connectivity index (χ2n) is 3.51. The second-order valence-corrected chi connectivity index (χ2v) is 3.98. The molecule has 1 unspecified atom stereocenters. The van der Waals surface area contributed by atoms with Crippen LogP contribution in [0.2, 0.25) is 0 Å².